The summed E-state index contributed by atoms with van der Waals surface area (Å²) in [5.74, 6) is -1.17. The topological polar surface area (TPSA) is 86.1 Å². The lowest BCUT2D eigenvalue weighted by molar-refractivity contribution is -0.137. The minimum absolute atomic E-state index is 0.0715. The van der Waals surface area contributed by atoms with Crippen LogP contribution in [0.5, 0.6) is 0 Å². The molecule has 0 unspecified atom stereocenters. The lowest BCUT2D eigenvalue weighted by Crippen LogP contribution is -2.22. The Bertz CT molecular complexity index is 1150. The van der Waals surface area contributed by atoms with Gasteiger partial charge in [-0.1, -0.05) is 17.7 Å². The third-order valence-electron chi connectivity index (χ3n) is 4.80. The van der Waals surface area contributed by atoms with Crippen LogP contribution in [0.3, 0.4) is 0 Å². The molecule has 168 valence electrons. The van der Waals surface area contributed by atoms with Gasteiger partial charge >= 0.3 is 12.1 Å². The molecule has 1 aromatic carbocycles. The number of aryl methyl sites for hydroxylation is 3. The molecular weight excluding hydrogens is 425 g/mol. The highest BCUT2D eigenvalue weighted by Gasteiger charge is 2.31. The van der Waals surface area contributed by atoms with Gasteiger partial charge in [-0.05, 0) is 51.0 Å². The Kier molecular flexibility index (Phi) is 6.33. The van der Waals surface area contributed by atoms with Gasteiger partial charge in [0.15, 0.2) is 12.4 Å². The summed E-state index contributed by atoms with van der Waals surface area (Å²) in [6.07, 6.45) is -2.60. The van der Waals surface area contributed by atoms with E-state index in [1.165, 1.54) is 10.9 Å². The fourth-order valence-electron chi connectivity index (χ4n) is 3.28. The zero-order chi connectivity index (χ0) is 23.6. The second kappa shape index (κ2) is 8.81. The van der Waals surface area contributed by atoms with Crippen molar-refractivity contribution in [2.24, 2.45) is 0 Å². The van der Waals surface area contributed by atoms with Crippen LogP contribution >= 0.6 is 0 Å². The van der Waals surface area contributed by atoms with E-state index < -0.39 is 30.2 Å². The molecule has 0 aliphatic carbocycles. The van der Waals surface area contributed by atoms with Crippen molar-refractivity contribution in [2.75, 3.05) is 11.9 Å². The summed E-state index contributed by atoms with van der Waals surface area (Å²) >= 11 is 0. The number of benzene rings is 1. The van der Waals surface area contributed by atoms with Crippen LogP contribution in [-0.2, 0) is 15.7 Å². The van der Waals surface area contributed by atoms with Crippen LogP contribution < -0.4 is 5.32 Å². The molecule has 32 heavy (non-hydrogen) atoms. The standard InChI is InChI=1S/C22H21F3N4O3/c1-12-7-13(2)20(14(3)8-12)28-19(30)11-32-21(31)17-10-27-29(15(17)4)18-6-5-16(9-26-18)22(23,24)25/h5-10H,11H2,1-4H3,(H,28,30). The van der Waals surface area contributed by atoms with E-state index in [1.807, 2.05) is 32.9 Å². The number of esters is 1. The first-order chi connectivity index (χ1) is 15.0. The first-order valence-corrected chi connectivity index (χ1v) is 9.60. The minimum Gasteiger partial charge on any atom is -0.452 e. The molecule has 0 radical (unpaired) electrons. The van der Waals surface area contributed by atoms with E-state index in [0.29, 0.717) is 17.6 Å². The number of alkyl halides is 3. The highest BCUT2D eigenvalue weighted by atomic mass is 19.4. The number of aromatic nitrogens is 3. The van der Waals surface area contributed by atoms with Gasteiger partial charge in [0.05, 0.1) is 17.5 Å². The lowest BCUT2D eigenvalue weighted by atomic mass is 10.1. The molecule has 0 fully saturated rings. The molecule has 0 saturated heterocycles. The Morgan fingerprint density at radius 2 is 1.72 bits per heavy atom. The first kappa shape index (κ1) is 23.0. The number of hydrogen-bond donors (Lipinski definition) is 1. The monoisotopic (exact) mass is 446 g/mol. The van der Waals surface area contributed by atoms with Crippen molar-refractivity contribution in [3.8, 4) is 5.82 Å². The minimum atomic E-state index is -4.50. The Morgan fingerprint density at radius 3 is 2.28 bits per heavy atom. The second-order valence-corrected chi connectivity index (χ2v) is 7.36. The molecule has 0 aliphatic rings. The second-order valence-electron chi connectivity index (χ2n) is 7.36. The van der Waals surface area contributed by atoms with E-state index >= 15 is 0 Å². The van der Waals surface area contributed by atoms with Crippen LogP contribution in [0.25, 0.3) is 5.82 Å². The third kappa shape index (κ3) is 4.96. The molecule has 0 saturated carbocycles. The van der Waals surface area contributed by atoms with Crippen LogP contribution in [0.1, 0.15) is 38.3 Å². The molecule has 3 rings (SSSR count). The molecule has 2 aromatic heterocycles. The molecule has 0 atom stereocenters. The van der Waals surface area contributed by atoms with E-state index in [0.717, 1.165) is 28.8 Å². The lowest BCUT2D eigenvalue weighted by Gasteiger charge is -2.13. The third-order valence-corrected chi connectivity index (χ3v) is 4.80. The quantitative estimate of drug-likeness (QED) is 0.590. The van der Waals surface area contributed by atoms with Gasteiger partial charge in [0, 0.05) is 11.9 Å². The van der Waals surface area contributed by atoms with Crippen LogP contribution in [0.2, 0.25) is 0 Å². The van der Waals surface area contributed by atoms with Crippen molar-refractivity contribution in [3.05, 3.63) is 70.2 Å². The number of anilines is 1. The summed E-state index contributed by atoms with van der Waals surface area (Å²) in [4.78, 5) is 28.4. The van der Waals surface area contributed by atoms with Crippen molar-refractivity contribution in [3.63, 3.8) is 0 Å². The van der Waals surface area contributed by atoms with Crippen LogP contribution in [0.4, 0.5) is 18.9 Å². The maximum atomic E-state index is 12.7. The van der Waals surface area contributed by atoms with E-state index in [4.69, 9.17) is 4.74 Å². The largest absolute Gasteiger partial charge is 0.452 e. The summed E-state index contributed by atoms with van der Waals surface area (Å²) < 4.78 is 44.4. The van der Waals surface area contributed by atoms with E-state index in [1.54, 1.807) is 6.92 Å². The highest BCUT2D eigenvalue weighted by molar-refractivity contribution is 5.96. The fraction of sp³-hybridized carbons (Fsp3) is 0.273. The van der Waals surface area contributed by atoms with Gasteiger partial charge in [0.1, 0.15) is 5.56 Å². The summed E-state index contributed by atoms with van der Waals surface area (Å²) in [5.41, 5.74) is 3.01. The number of pyridine rings is 1. The van der Waals surface area contributed by atoms with Gasteiger partial charge in [0.25, 0.3) is 5.91 Å². The van der Waals surface area contributed by atoms with E-state index in [9.17, 15) is 22.8 Å². The van der Waals surface area contributed by atoms with E-state index in [-0.39, 0.29) is 11.4 Å². The Balaban J connectivity index is 1.67. The van der Waals surface area contributed by atoms with Crippen LogP contribution in [0.15, 0.2) is 36.7 Å². The normalized spacial score (nSPS) is 11.3. The number of amides is 1. The van der Waals surface area contributed by atoms with Crippen molar-refractivity contribution >= 4 is 17.6 Å². The zero-order valence-corrected chi connectivity index (χ0v) is 17.9. The van der Waals surface area contributed by atoms with Crippen molar-refractivity contribution < 1.29 is 27.5 Å². The summed E-state index contributed by atoms with van der Waals surface area (Å²) in [7, 11) is 0. The van der Waals surface area contributed by atoms with Gasteiger partial charge in [-0.25, -0.2) is 14.5 Å². The Morgan fingerprint density at radius 1 is 1.06 bits per heavy atom. The summed E-state index contributed by atoms with van der Waals surface area (Å²) in [6, 6.07) is 5.89. The number of halogens is 3. The maximum absolute atomic E-state index is 12.7. The summed E-state index contributed by atoms with van der Waals surface area (Å²) in [5, 5.41) is 6.73. The molecule has 1 N–H and O–H groups in total. The van der Waals surface area contributed by atoms with Crippen LogP contribution in [0, 0.1) is 27.7 Å². The smallest absolute Gasteiger partial charge is 0.417 e. The maximum Gasteiger partial charge on any atom is 0.417 e. The molecule has 2 heterocycles. The first-order valence-electron chi connectivity index (χ1n) is 9.60. The average Bonchev–Trinajstić information content (AvgIpc) is 3.09. The van der Waals surface area contributed by atoms with Gasteiger partial charge in [-0.3, -0.25) is 4.79 Å². The van der Waals surface area contributed by atoms with Gasteiger partial charge in [0.2, 0.25) is 0 Å². The number of nitrogens with one attached hydrogen (secondary N) is 1. The molecule has 1 amide bonds. The SMILES string of the molecule is Cc1cc(C)c(NC(=O)COC(=O)c2cnn(-c3ccc(C(F)(F)F)cn3)c2C)c(C)c1. The summed E-state index contributed by atoms with van der Waals surface area (Å²) in [6.45, 7) is 6.73. The van der Waals surface area contributed by atoms with E-state index in [2.05, 4.69) is 15.4 Å². The average molecular weight is 446 g/mol. The van der Waals surface area contributed by atoms with Crippen molar-refractivity contribution in [2.45, 2.75) is 33.9 Å². The zero-order valence-electron chi connectivity index (χ0n) is 17.9. The van der Waals surface area contributed by atoms with Gasteiger partial charge < -0.3 is 10.1 Å². The van der Waals surface area contributed by atoms with Gasteiger partial charge in [-0.15, -0.1) is 0 Å². The van der Waals surface area contributed by atoms with Crippen molar-refractivity contribution in [1.82, 2.24) is 14.8 Å². The number of ether oxygens (including phenoxy) is 1. The number of carbonyl (C=O) groups excluding carboxylic acids is 2. The predicted molar refractivity (Wildman–Crippen MR) is 111 cm³/mol. The van der Waals surface area contributed by atoms with Crippen molar-refractivity contribution in [1.29, 1.82) is 0 Å². The van der Waals surface area contributed by atoms with Gasteiger partial charge in [-0.2, -0.15) is 18.3 Å². The molecule has 0 aliphatic heterocycles. The van der Waals surface area contributed by atoms with Crippen LogP contribution in [-0.4, -0.2) is 33.2 Å². The molecule has 3 aromatic rings. The molecule has 7 nitrogen and oxygen atoms in total. The fourth-order valence-corrected chi connectivity index (χ4v) is 3.28. The molecule has 0 spiro atoms. The molecule has 0 bridgehead atoms. The number of hydrogen-bond acceptors (Lipinski definition) is 5. The number of carbonyl (C=O) groups is 2. The highest BCUT2D eigenvalue weighted by Crippen LogP contribution is 2.29. The predicted octanol–water partition coefficient (Wildman–Crippen LogP) is 4.32. The number of nitrogens with zero attached hydrogens (tertiary/aromatic N) is 3. The molecule has 10 heteroatoms. The Labute approximate surface area is 182 Å². The molecular formula is C22H21F3N4O3. The Hall–Kier alpha value is -3.69. The number of rotatable bonds is 5.